The van der Waals surface area contributed by atoms with Crippen LogP contribution in [-0.2, 0) is 11.8 Å². The van der Waals surface area contributed by atoms with Gasteiger partial charge in [-0.25, -0.2) is 0 Å². The number of carbonyl (C=O) groups excluding carboxylic acids is 1. The first-order valence-corrected chi connectivity index (χ1v) is 8.02. The molecule has 0 radical (unpaired) electrons. The van der Waals surface area contributed by atoms with Crippen molar-refractivity contribution in [1.29, 1.82) is 0 Å². The molecule has 0 N–H and O–H groups in total. The molecule has 3 aromatic carbocycles. The number of fused-ring (bicyclic) bond motifs is 1. The topological polar surface area (TPSA) is 17.1 Å². The van der Waals surface area contributed by atoms with Crippen molar-refractivity contribution in [2.75, 3.05) is 0 Å². The third-order valence-electron chi connectivity index (χ3n) is 4.88. The molecule has 112 valence electrons. The maximum atomic E-state index is 12.6. The standard InChI is InChI=1S/C22H18O/c23-21-16-22(18-11-5-2-6-12-18,15-17-9-3-1-4-10-17)20-14-8-7-13-19(20)21/h1-14H,15-16H2/t22-/m1/s1. The van der Waals surface area contributed by atoms with Gasteiger partial charge in [0.25, 0.3) is 0 Å². The average Bonchev–Trinajstić information content (AvgIpc) is 2.90. The minimum atomic E-state index is -0.254. The van der Waals surface area contributed by atoms with Gasteiger partial charge in [-0.05, 0) is 23.1 Å². The molecule has 0 amide bonds. The van der Waals surface area contributed by atoms with Crippen LogP contribution in [-0.4, -0.2) is 5.78 Å². The molecular weight excluding hydrogens is 280 g/mol. The van der Waals surface area contributed by atoms with Crippen LogP contribution in [0.15, 0.2) is 84.9 Å². The molecule has 3 aromatic rings. The van der Waals surface area contributed by atoms with Gasteiger partial charge in [0, 0.05) is 17.4 Å². The summed E-state index contributed by atoms with van der Waals surface area (Å²) in [6, 6.07) is 29.0. The summed E-state index contributed by atoms with van der Waals surface area (Å²) in [4.78, 5) is 12.6. The maximum Gasteiger partial charge on any atom is 0.164 e. The Hall–Kier alpha value is -2.67. The van der Waals surface area contributed by atoms with Crippen LogP contribution in [0.3, 0.4) is 0 Å². The zero-order valence-electron chi connectivity index (χ0n) is 12.9. The van der Waals surface area contributed by atoms with Crippen LogP contribution < -0.4 is 0 Å². The molecule has 23 heavy (non-hydrogen) atoms. The van der Waals surface area contributed by atoms with Crippen molar-refractivity contribution in [3.63, 3.8) is 0 Å². The van der Waals surface area contributed by atoms with E-state index in [1.54, 1.807) is 0 Å². The van der Waals surface area contributed by atoms with Crippen LogP contribution in [0.4, 0.5) is 0 Å². The molecule has 1 heteroatoms. The molecule has 1 nitrogen and oxygen atoms in total. The molecule has 0 saturated heterocycles. The second-order valence-electron chi connectivity index (χ2n) is 6.26. The van der Waals surface area contributed by atoms with Crippen molar-refractivity contribution in [2.24, 2.45) is 0 Å². The fraction of sp³-hybridized carbons (Fsp3) is 0.136. The smallest absolute Gasteiger partial charge is 0.164 e. The van der Waals surface area contributed by atoms with Crippen LogP contribution in [0.1, 0.15) is 33.5 Å². The Morgan fingerprint density at radius 3 is 2.09 bits per heavy atom. The summed E-state index contributed by atoms with van der Waals surface area (Å²) in [5.74, 6) is 0.250. The predicted octanol–water partition coefficient (Wildman–Crippen LogP) is 4.80. The van der Waals surface area contributed by atoms with Gasteiger partial charge in [-0.3, -0.25) is 4.79 Å². The van der Waals surface area contributed by atoms with Crippen LogP contribution in [0, 0.1) is 0 Å². The van der Waals surface area contributed by atoms with E-state index in [9.17, 15) is 4.79 Å². The van der Waals surface area contributed by atoms with Crippen molar-refractivity contribution in [3.05, 3.63) is 107 Å². The van der Waals surface area contributed by atoms with Gasteiger partial charge in [-0.1, -0.05) is 84.9 Å². The molecule has 1 atom stereocenters. The van der Waals surface area contributed by atoms with Crippen molar-refractivity contribution < 1.29 is 4.79 Å². The molecule has 0 aliphatic heterocycles. The minimum absolute atomic E-state index is 0.250. The third kappa shape index (κ3) is 2.29. The molecule has 0 fully saturated rings. The normalized spacial score (nSPS) is 19.6. The fourth-order valence-electron chi connectivity index (χ4n) is 3.83. The number of hydrogen-bond donors (Lipinski definition) is 0. The van der Waals surface area contributed by atoms with Gasteiger partial charge < -0.3 is 0 Å². The fourth-order valence-corrected chi connectivity index (χ4v) is 3.83. The Kier molecular flexibility index (Phi) is 3.34. The lowest BCUT2D eigenvalue weighted by Gasteiger charge is -2.31. The highest BCUT2D eigenvalue weighted by Crippen LogP contribution is 2.46. The SMILES string of the molecule is O=C1C[C@](Cc2ccccc2)(c2ccccc2)c2ccccc21. The highest BCUT2D eigenvalue weighted by molar-refractivity contribution is 6.03. The van der Waals surface area contributed by atoms with Gasteiger partial charge in [-0.15, -0.1) is 0 Å². The largest absolute Gasteiger partial charge is 0.294 e. The lowest BCUT2D eigenvalue weighted by atomic mass is 9.71. The van der Waals surface area contributed by atoms with E-state index in [2.05, 4.69) is 54.6 Å². The Morgan fingerprint density at radius 1 is 0.739 bits per heavy atom. The average molecular weight is 298 g/mol. The van der Waals surface area contributed by atoms with E-state index in [1.807, 2.05) is 30.3 Å². The molecule has 1 aliphatic rings. The summed E-state index contributed by atoms with van der Waals surface area (Å²) < 4.78 is 0. The Morgan fingerprint density at radius 2 is 1.35 bits per heavy atom. The van der Waals surface area contributed by atoms with E-state index < -0.39 is 0 Å². The number of carbonyl (C=O) groups is 1. The van der Waals surface area contributed by atoms with E-state index in [1.165, 1.54) is 16.7 Å². The van der Waals surface area contributed by atoms with Gasteiger partial charge >= 0.3 is 0 Å². The first-order chi connectivity index (χ1) is 11.3. The summed E-state index contributed by atoms with van der Waals surface area (Å²) in [6.07, 6.45) is 1.39. The van der Waals surface area contributed by atoms with Crippen molar-refractivity contribution in [3.8, 4) is 0 Å². The summed E-state index contributed by atoms with van der Waals surface area (Å²) in [7, 11) is 0. The Balaban J connectivity index is 1.92. The number of Topliss-reactive ketones (excluding diaryl/α,β-unsaturated/α-hetero) is 1. The van der Waals surface area contributed by atoms with Crippen LogP contribution in [0.2, 0.25) is 0 Å². The quantitative estimate of drug-likeness (QED) is 0.678. The Bertz CT molecular complexity index is 836. The number of ketones is 1. The molecule has 0 bridgehead atoms. The van der Waals surface area contributed by atoms with Crippen molar-refractivity contribution in [2.45, 2.75) is 18.3 Å². The van der Waals surface area contributed by atoms with Gasteiger partial charge in [0.05, 0.1) is 0 Å². The zero-order chi connectivity index (χ0) is 15.7. The van der Waals surface area contributed by atoms with E-state index in [-0.39, 0.29) is 11.2 Å². The van der Waals surface area contributed by atoms with Crippen LogP contribution >= 0.6 is 0 Å². The predicted molar refractivity (Wildman–Crippen MR) is 92.8 cm³/mol. The second-order valence-corrected chi connectivity index (χ2v) is 6.26. The van der Waals surface area contributed by atoms with Crippen LogP contribution in [0.25, 0.3) is 0 Å². The van der Waals surface area contributed by atoms with Gasteiger partial charge in [0.1, 0.15) is 0 Å². The van der Waals surface area contributed by atoms with Crippen molar-refractivity contribution in [1.82, 2.24) is 0 Å². The highest BCUT2D eigenvalue weighted by Gasteiger charge is 2.44. The lowest BCUT2D eigenvalue weighted by Crippen LogP contribution is -2.28. The first-order valence-electron chi connectivity index (χ1n) is 8.02. The summed E-state index contributed by atoms with van der Waals surface area (Å²) in [6.45, 7) is 0. The van der Waals surface area contributed by atoms with Crippen molar-refractivity contribution >= 4 is 5.78 Å². The number of hydrogen-bond acceptors (Lipinski definition) is 1. The second kappa shape index (κ2) is 5.51. The number of rotatable bonds is 3. The van der Waals surface area contributed by atoms with Gasteiger partial charge in [0.2, 0.25) is 0 Å². The summed E-state index contributed by atoms with van der Waals surface area (Å²) in [5.41, 5.74) is 4.28. The first kappa shape index (κ1) is 14.0. The van der Waals surface area contributed by atoms with E-state index in [0.717, 1.165) is 12.0 Å². The molecule has 4 rings (SSSR count). The van der Waals surface area contributed by atoms with Gasteiger partial charge in [0.15, 0.2) is 5.78 Å². The van der Waals surface area contributed by atoms with E-state index in [4.69, 9.17) is 0 Å². The number of benzene rings is 3. The monoisotopic (exact) mass is 298 g/mol. The maximum absolute atomic E-state index is 12.6. The zero-order valence-corrected chi connectivity index (χ0v) is 12.9. The molecular formula is C22H18O. The molecule has 1 aliphatic carbocycles. The summed E-state index contributed by atoms with van der Waals surface area (Å²) >= 11 is 0. The molecule has 0 spiro atoms. The Labute approximate surface area is 136 Å². The molecule has 0 aromatic heterocycles. The highest BCUT2D eigenvalue weighted by atomic mass is 16.1. The van der Waals surface area contributed by atoms with Gasteiger partial charge in [-0.2, -0.15) is 0 Å². The third-order valence-corrected chi connectivity index (χ3v) is 4.88. The van der Waals surface area contributed by atoms with E-state index in [0.29, 0.717) is 6.42 Å². The molecule has 0 heterocycles. The molecule has 0 saturated carbocycles. The molecule has 0 unspecified atom stereocenters. The summed E-state index contributed by atoms with van der Waals surface area (Å²) in [5, 5.41) is 0. The van der Waals surface area contributed by atoms with Crippen LogP contribution in [0.5, 0.6) is 0 Å². The lowest BCUT2D eigenvalue weighted by molar-refractivity contribution is 0.0979. The van der Waals surface area contributed by atoms with E-state index >= 15 is 0 Å². The minimum Gasteiger partial charge on any atom is -0.294 e.